The average molecular weight is 394 g/mol. The zero-order valence-corrected chi connectivity index (χ0v) is 15.6. The Morgan fingerprint density at radius 3 is 2.45 bits per heavy atom. The number of benzene rings is 1. The zero-order chi connectivity index (χ0) is 15.3. The quantitative estimate of drug-likeness (QED) is 0.360. The van der Waals surface area contributed by atoms with Gasteiger partial charge >= 0.3 is 0 Å². The smallest absolute Gasteiger partial charge is 0.253 e. The number of aryl methyl sites for hydroxylation is 1. The van der Waals surface area contributed by atoms with E-state index in [2.05, 4.69) is 66.8 Å². The first kappa shape index (κ1) is 17.9. The van der Waals surface area contributed by atoms with E-state index in [-0.39, 0.29) is 5.82 Å². The summed E-state index contributed by atoms with van der Waals surface area (Å²) in [6.07, 6.45) is 1.08. The fourth-order valence-electron chi connectivity index (χ4n) is 2.38. The van der Waals surface area contributed by atoms with E-state index in [1.165, 1.54) is 0 Å². The molecule has 0 heterocycles. The van der Waals surface area contributed by atoms with Crippen molar-refractivity contribution in [2.24, 2.45) is 0 Å². The van der Waals surface area contributed by atoms with Crippen LogP contribution >= 0.6 is 0 Å². The minimum absolute atomic E-state index is 0.0766. The van der Waals surface area contributed by atoms with E-state index in [1.807, 2.05) is 6.92 Å². The van der Waals surface area contributed by atoms with Crippen molar-refractivity contribution >= 4 is 5.69 Å². The molecule has 0 aliphatic rings. The van der Waals surface area contributed by atoms with E-state index in [4.69, 9.17) is 0 Å². The molecule has 2 N–H and O–H groups in total. The molecule has 1 unspecified atom stereocenters. The summed E-state index contributed by atoms with van der Waals surface area (Å²) in [5.74, 6) is 0.277. The van der Waals surface area contributed by atoms with Gasteiger partial charge in [0.05, 0.1) is 12.6 Å². The topological polar surface area (TPSA) is 19.9 Å². The Morgan fingerprint density at radius 1 is 1.30 bits per heavy atom. The Bertz CT molecular complexity index is 433. The molecule has 20 heavy (non-hydrogen) atoms. The molecular formula is C16H28FIN2+2. The molecule has 114 valence electrons. The monoisotopic (exact) mass is 394 g/mol. The molecule has 0 aromatic heterocycles. The van der Waals surface area contributed by atoms with Gasteiger partial charge in [-0.3, -0.25) is 0 Å². The second-order valence-electron chi connectivity index (χ2n) is 5.97. The number of nitrogens with two attached hydrogens (primary N) is 1. The lowest BCUT2D eigenvalue weighted by molar-refractivity contribution is -0.575. The van der Waals surface area contributed by atoms with E-state index in [9.17, 15) is 4.39 Å². The molecule has 0 saturated heterocycles. The van der Waals surface area contributed by atoms with Gasteiger partial charge in [-0.25, -0.2) is 4.39 Å². The third-order valence-electron chi connectivity index (χ3n) is 3.70. The van der Waals surface area contributed by atoms with Crippen LogP contribution in [0.25, 0.3) is 0 Å². The molecule has 2 nitrogen and oxygen atoms in total. The molecule has 1 aromatic rings. The summed E-state index contributed by atoms with van der Waals surface area (Å²) in [4.78, 5) is 2.26. The molecule has 0 aliphatic heterocycles. The lowest BCUT2D eigenvalue weighted by Crippen LogP contribution is -3.36. The van der Waals surface area contributed by atoms with Gasteiger partial charge in [0, 0.05) is 12.0 Å². The van der Waals surface area contributed by atoms with Crippen LogP contribution in [0.5, 0.6) is 0 Å². The molecule has 0 aliphatic carbocycles. The lowest BCUT2D eigenvalue weighted by atomic mass is 9.98. The van der Waals surface area contributed by atoms with E-state index in [0.29, 0.717) is 12.0 Å². The van der Waals surface area contributed by atoms with Crippen LogP contribution in [0.15, 0.2) is 12.1 Å². The van der Waals surface area contributed by atoms with Gasteiger partial charge in [-0.05, 0) is 44.6 Å². The molecule has 0 bridgehead atoms. The first-order valence-corrected chi connectivity index (χ1v) is 8.89. The number of nitrogens with zero attached hydrogens (tertiary/aromatic N) is 1. The van der Waals surface area contributed by atoms with Gasteiger partial charge in [-0.1, -0.05) is 13.8 Å². The van der Waals surface area contributed by atoms with Crippen molar-refractivity contribution in [3.8, 4) is 0 Å². The molecule has 0 radical (unpaired) electrons. The Balaban J connectivity index is 2.77. The van der Waals surface area contributed by atoms with Gasteiger partial charge < -0.3 is 10.2 Å². The predicted octanol–water partition coefficient (Wildman–Crippen LogP) is -0.942. The highest BCUT2D eigenvalue weighted by atomic mass is 127. The molecule has 0 spiro atoms. The van der Waals surface area contributed by atoms with E-state index in [0.717, 1.165) is 34.2 Å². The van der Waals surface area contributed by atoms with Gasteiger partial charge in [0.15, 0.2) is 15.9 Å². The first-order valence-electron chi connectivity index (χ1n) is 7.24. The predicted molar refractivity (Wildman–Crippen MR) is 80.0 cm³/mol. The second-order valence-corrected chi connectivity index (χ2v) is 6.92. The minimum atomic E-state index is -0.0766. The molecule has 0 amide bonds. The van der Waals surface area contributed by atoms with Crippen LogP contribution in [-0.4, -0.2) is 36.0 Å². The van der Waals surface area contributed by atoms with E-state index >= 15 is 0 Å². The summed E-state index contributed by atoms with van der Waals surface area (Å²) in [5.41, 5.74) is 2.93. The van der Waals surface area contributed by atoms with Crippen molar-refractivity contribution in [2.45, 2.75) is 39.2 Å². The summed E-state index contributed by atoms with van der Waals surface area (Å²) in [6, 6.07) is 4.33. The van der Waals surface area contributed by atoms with Crippen molar-refractivity contribution in [3.05, 3.63) is 29.1 Å². The van der Waals surface area contributed by atoms with Crippen LogP contribution < -0.4 is 27.9 Å². The maximum absolute atomic E-state index is 14.2. The molecule has 0 saturated carbocycles. The van der Waals surface area contributed by atoms with Crippen molar-refractivity contribution in [3.63, 3.8) is 0 Å². The fourth-order valence-corrected chi connectivity index (χ4v) is 3.71. The van der Waals surface area contributed by atoms with Gasteiger partial charge in [0.2, 0.25) is 0 Å². The van der Waals surface area contributed by atoms with Crippen LogP contribution in [0, 0.1) is 12.7 Å². The highest BCUT2D eigenvalue weighted by molar-refractivity contribution is 5.44. The summed E-state index contributed by atoms with van der Waals surface area (Å²) in [7, 11) is 4.23. The van der Waals surface area contributed by atoms with Crippen LogP contribution in [0.4, 0.5) is 10.1 Å². The molecule has 1 aromatic carbocycles. The highest BCUT2D eigenvalue weighted by Gasteiger charge is 2.19. The third-order valence-corrected chi connectivity index (χ3v) is 4.80. The maximum Gasteiger partial charge on any atom is 0.253 e. The largest absolute Gasteiger partial charge is 0.311 e. The van der Waals surface area contributed by atoms with Crippen LogP contribution in [0.3, 0.4) is 0 Å². The molecule has 1 rings (SSSR count). The highest BCUT2D eigenvalue weighted by Crippen LogP contribution is 2.24. The van der Waals surface area contributed by atoms with Gasteiger partial charge in [0.25, 0.3) is 22.6 Å². The summed E-state index contributed by atoms with van der Waals surface area (Å²) < 4.78 is 15.3. The number of alkyl halides is 1. The summed E-state index contributed by atoms with van der Waals surface area (Å²) >= 11 is 2.13. The van der Waals surface area contributed by atoms with Crippen molar-refractivity contribution in [1.29, 1.82) is 0 Å². The Labute approximate surface area is 136 Å². The van der Waals surface area contributed by atoms with E-state index in [1.54, 1.807) is 6.07 Å². The normalized spacial score (nSPS) is 13.2. The SMILES string of the molecule is Cc1cc(F)c([NH2+]CCC(C[IH+])N(C)C)c(C(C)C)c1. The van der Waals surface area contributed by atoms with Crippen molar-refractivity contribution < 1.29 is 32.3 Å². The van der Waals surface area contributed by atoms with Crippen molar-refractivity contribution in [1.82, 2.24) is 4.90 Å². The maximum atomic E-state index is 14.2. The number of quaternary nitrogens is 1. The average Bonchev–Trinajstić information content (AvgIpc) is 2.35. The Morgan fingerprint density at radius 2 is 1.95 bits per heavy atom. The number of halogens is 2. The van der Waals surface area contributed by atoms with Crippen LogP contribution in [-0.2, 0) is 0 Å². The Kier molecular flexibility index (Phi) is 7.40. The zero-order valence-electron chi connectivity index (χ0n) is 13.2. The lowest BCUT2D eigenvalue weighted by Gasteiger charge is -2.19. The van der Waals surface area contributed by atoms with Gasteiger partial charge in [0.1, 0.15) is 0 Å². The first-order chi connectivity index (χ1) is 9.36. The summed E-state index contributed by atoms with van der Waals surface area (Å²) in [5, 5.41) is 2.08. The van der Waals surface area contributed by atoms with Gasteiger partial charge in [-0.2, -0.15) is 0 Å². The van der Waals surface area contributed by atoms with Crippen LogP contribution in [0.2, 0.25) is 0 Å². The number of rotatable bonds is 7. The number of hydrogen-bond donors (Lipinski definition) is 1. The number of hydrogen-bond acceptors (Lipinski definition) is 1. The molecule has 4 heteroatoms. The minimum Gasteiger partial charge on any atom is -0.311 e. The van der Waals surface area contributed by atoms with Crippen molar-refractivity contribution in [2.75, 3.05) is 25.1 Å². The third kappa shape index (κ3) is 4.97. The van der Waals surface area contributed by atoms with E-state index < -0.39 is 0 Å². The summed E-state index contributed by atoms with van der Waals surface area (Å²) in [6.45, 7) is 7.14. The second kappa shape index (κ2) is 8.29. The molecular weight excluding hydrogens is 366 g/mol. The fraction of sp³-hybridized carbons (Fsp3) is 0.625. The Hall–Kier alpha value is -0.200. The standard InChI is InChI=1S/C16H27FIN2/c1-11(2)14-8-12(3)9-15(17)16(14)19-7-6-13(10-18)20(4)5/h8-9,11,13,18-19H,6-7,10H2,1-5H3/q+1/p+1. The van der Waals surface area contributed by atoms with Crippen LogP contribution in [0.1, 0.15) is 37.3 Å². The molecule has 0 fully saturated rings. The molecule has 1 atom stereocenters. The van der Waals surface area contributed by atoms with Gasteiger partial charge in [-0.15, -0.1) is 0 Å².